The van der Waals surface area contributed by atoms with Crippen molar-refractivity contribution in [3.8, 4) is 0 Å². The molecular formula is C20H24FN3O3. The van der Waals surface area contributed by atoms with Gasteiger partial charge < -0.3 is 21.1 Å². The van der Waals surface area contributed by atoms with Gasteiger partial charge in [0.05, 0.1) is 11.4 Å². The number of nitrogen functional groups attached to an aromatic ring is 1. The molecule has 0 fully saturated rings. The Bertz CT molecular complexity index is 804. The molecule has 2 amide bonds. The molecular weight excluding hydrogens is 349 g/mol. The molecule has 7 heteroatoms. The first-order valence-corrected chi connectivity index (χ1v) is 8.50. The second-order valence-electron chi connectivity index (χ2n) is 7.23. The molecule has 0 radical (unpaired) electrons. The van der Waals surface area contributed by atoms with Gasteiger partial charge in [0.25, 0.3) is 0 Å². The van der Waals surface area contributed by atoms with E-state index in [0.29, 0.717) is 0 Å². The standard InChI is InChI=1S/C20H24FN3O3/c1-20(2,3)17(18(25)23-16-11-14(21)9-10-15(16)22)24-19(26)27-12-13-7-5-4-6-8-13/h4-11,17H,12,22H2,1-3H3,(H,23,25)(H,24,26)/t17-/m1/s1. The molecule has 0 saturated carbocycles. The molecule has 0 unspecified atom stereocenters. The van der Waals surface area contributed by atoms with Crippen molar-refractivity contribution in [1.29, 1.82) is 0 Å². The molecule has 0 heterocycles. The quantitative estimate of drug-likeness (QED) is 0.697. The van der Waals surface area contributed by atoms with E-state index in [2.05, 4.69) is 10.6 Å². The number of anilines is 2. The Labute approximate surface area is 157 Å². The first-order valence-electron chi connectivity index (χ1n) is 8.50. The van der Waals surface area contributed by atoms with Gasteiger partial charge in [0.1, 0.15) is 18.5 Å². The van der Waals surface area contributed by atoms with E-state index in [9.17, 15) is 14.0 Å². The zero-order chi connectivity index (χ0) is 20.0. The maximum absolute atomic E-state index is 13.4. The third-order valence-electron chi connectivity index (χ3n) is 3.88. The van der Waals surface area contributed by atoms with Gasteiger partial charge in [0, 0.05) is 0 Å². The van der Waals surface area contributed by atoms with Gasteiger partial charge in [-0.15, -0.1) is 0 Å². The maximum Gasteiger partial charge on any atom is 0.408 e. The summed E-state index contributed by atoms with van der Waals surface area (Å²) in [5.41, 5.74) is 6.36. The van der Waals surface area contributed by atoms with Crippen LogP contribution in [-0.4, -0.2) is 18.0 Å². The number of ether oxygens (including phenoxy) is 1. The molecule has 4 N–H and O–H groups in total. The predicted molar refractivity (Wildman–Crippen MR) is 102 cm³/mol. The van der Waals surface area contributed by atoms with Crippen LogP contribution in [0.25, 0.3) is 0 Å². The number of hydrogen-bond donors (Lipinski definition) is 3. The summed E-state index contributed by atoms with van der Waals surface area (Å²) in [5.74, 6) is -1.04. The van der Waals surface area contributed by atoms with Crippen molar-refractivity contribution in [3.05, 3.63) is 59.9 Å². The van der Waals surface area contributed by atoms with Gasteiger partial charge >= 0.3 is 6.09 Å². The van der Waals surface area contributed by atoms with Gasteiger partial charge in [-0.3, -0.25) is 4.79 Å². The molecule has 27 heavy (non-hydrogen) atoms. The number of hydrogen-bond acceptors (Lipinski definition) is 4. The van der Waals surface area contributed by atoms with Crippen LogP contribution in [0.2, 0.25) is 0 Å². The Morgan fingerprint density at radius 3 is 2.44 bits per heavy atom. The first kappa shape index (κ1) is 20.2. The zero-order valence-corrected chi connectivity index (χ0v) is 15.6. The van der Waals surface area contributed by atoms with Gasteiger partial charge in [-0.05, 0) is 29.2 Å². The van der Waals surface area contributed by atoms with Crippen LogP contribution >= 0.6 is 0 Å². The molecule has 0 saturated heterocycles. The average molecular weight is 373 g/mol. The lowest BCUT2D eigenvalue weighted by molar-refractivity contribution is -0.120. The monoisotopic (exact) mass is 373 g/mol. The summed E-state index contributed by atoms with van der Waals surface area (Å²) >= 11 is 0. The predicted octanol–water partition coefficient (Wildman–Crippen LogP) is 3.69. The van der Waals surface area contributed by atoms with Crippen molar-refractivity contribution in [2.45, 2.75) is 33.4 Å². The number of halogens is 1. The van der Waals surface area contributed by atoms with Crippen LogP contribution in [0.4, 0.5) is 20.6 Å². The molecule has 2 aromatic rings. The fourth-order valence-corrected chi connectivity index (χ4v) is 2.40. The largest absolute Gasteiger partial charge is 0.445 e. The van der Waals surface area contributed by atoms with E-state index in [0.717, 1.165) is 11.6 Å². The van der Waals surface area contributed by atoms with Crippen LogP contribution in [0.5, 0.6) is 0 Å². The molecule has 2 rings (SSSR count). The van der Waals surface area contributed by atoms with Crippen LogP contribution in [0, 0.1) is 11.2 Å². The van der Waals surface area contributed by atoms with Crippen LogP contribution in [0.15, 0.2) is 48.5 Å². The Kier molecular flexibility index (Phi) is 6.39. The third kappa shape index (κ3) is 5.99. The van der Waals surface area contributed by atoms with Crippen molar-refractivity contribution >= 4 is 23.4 Å². The van der Waals surface area contributed by atoms with Crippen LogP contribution in [0.1, 0.15) is 26.3 Å². The Morgan fingerprint density at radius 2 is 1.81 bits per heavy atom. The van der Waals surface area contributed by atoms with Crippen molar-refractivity contribution in [3.63, 3.8) is 0 Å². The Morgan fingerprint density at radius 1 is 1.15 bits per heavy atom. The highest BCUT2D eigenvalue weighted by atomic mass is 19.1. The number of rotatable bonds is 5. The maximum atomic E-state index is 13.4. The number of amides is 2. The molecule has 0 aliphatic heterocycles. The molecule has 1 atom stereocenters. The van der Waals surface area contributed by atoms with E-state index in [1.807, 2.05) is 30.3 Å². The van der Waals surface area contributed by atoms with Crippen molar-refractivity contribution in [1.82, 2.24) is 5.32 Å². The molecule has 0 aromatic heterocycles. The minimum atomic E-state index is -0.913. The lowest BCUT2D eigenvalue weighted by Gasteiger charge is -2.30. The molecule has 6 nitrogen and oxygen atoms in total. The van der Waals surface area contributed by atoms with E-state index in [4.69, 9.17) is 10.5 Å². The molecule has 2 aromatic carbocycles. The van der Waals surface area contributed by atoms with Crippen LogP contribution in [-0.2, 0) is 16.1 Å². The highest BCUT2D eigenvalue weighted by Crippen LogP contribution is 2.24. The molecule has 0 spiro atoms. The van der Waals surface area contributed by atoms with Gasteiger partial charge in [0.2, 0.25) is 5.91 Å². The van der Waals surface area contributed by atoms with Crippen LogP contribution < -0.4 is 16.4 Å². The first-order chi connectivity index (χ1) is 12.7. The van der Waals surface area contributed by atoms with E-state index in [-0.39, 0.29) is 18.0 Å². The van der Waals surface area contributed by atoms with Crippen molar-refractivity contribution in [2.75, 3.05) is 11.1 Å². The third-order valence-corrected chi connectivity index (χ3v) is 3.88. The number of carbonyl (C=O) groups excluding carboxylic acids is 2. The number of nitrogens with one attached hydrogen (secondary N) is 2. The van der Waals surface area contributed by atoms with Gasteiger partial charge in [-0.25, -0.2) is 9.18 Å². The van der Waals surface area contributed by atoms with E-state index in [1.165, 1.54) is 12.1 Å². The zero-order valence-electron chi connectivity index (χ0n) is 15.6. The summed E-state index contributed by atoms with van der Waals surface area (Å²) in [7, 11) is 0. The number of nitrogens with two attached hydrogens (primary N) is 1. The fraction of sp³-hybridized carbons (Fsp3) is 0.300. The second kappa shape index (κ2) is 8.53. The Balaban J connectivity index is 2.04. The molecule has 0 aliphatic rings. The van der Waals surface area contributed by atoms with Gasteiger partial charge in [-0.2, -0.15) is 0 Å². The SMILES string of the molecule is CC(C)(C)[C@H](NC(=O)OCc1ccccc1)C(=O)Nc1cc(F)ccc1N. The summed E-state index contributed by atoms with van der Waals surface area (Å²) < 4.78 is 18.6. The number of benzene rings is 2. The average Bonchev–Trinajstić information content (AvgIpc) is 2.61. The van der Waals surface area contributed by atoms with E-state index in [1.54, 1.807) is 20.8 Å². The van der Waals surface area contributed by atoms with Crippen molar-refractivity contribution < 1.29 is 18.7 Å². The second-order valence-corrected chi connectivity index (χ2v) is 7.23. The summed E-state index contributed by atoms with van der Waals surface area (Å²) in [6, 6.07) is 12.0. The number of alkyl carbamates (subject to hydrolysis) is 1. The lowest BCUT2D eigenvalue weighted by Crippen LogP contribution is -2.51. The normalized spacial score (nSPS) is 12.1. The minimum Gasteiger partial charge on any atom is -0.445 e. The Hall–Kier alpha value is -3.09. The fourth-order valence-electron chi connectivity index (χ4n) is 2.40. The summed E-state index contributed by atoms with van der Waals surface area (Å²) in [5, 5.41) is 5.14. The van der Waals surface area contributed by atoms with Gasteiger partial charge in [-0.1, -0.05) is 51.1 Å². The highest BCUT2D eigenvalue weighted by molar-refractivity contribution is 5.99. The van der Waals surface area contributed by atoms with Crippen molar-refractivity contribution in [2.24, 2.45) is 5.41 Å². The van der Waals surface area contributed by atoms with E-state index >= 15 is 0 Å². The summed E-state index contributed by atoms with van der Waals surface area (Å²) in [6.07, 6.45) is -0.721. The summed E-state index contributed by atoms with van der Waals surface area (Å²) in [4.78, 5) is 24.8. The smallest absolute Gasteiger partial charge is 0.408 e. The van der Waals surface area contributed by atoms with Gasteiger partial charge in [0.15, 0.2) is 0 Å². The van der Waals surface area contributed by atoms with E-state index < -0.39 is 29.3 Å². The number of carbonyl (C=O) groups is 2. The lowest BCUT2D eigenvalue weighted by atomic mass is 9.86. The topological polar surface area (TPSA) is 93.4 Å². The minimum absolute atomic E-state index is 0.0853. The van der Waals surface area contributed by atoms with Crippen LogP contribution in [0.3, 0.4) is 0 Å². The molecule has 0 bridgehead atoms. The molecule has 144 valence electrons. The summed E-state index contributed by atoms with van der Waals surface area (Å²) in [6.45, 7) is 5.47. The molecule has 0 aliphatic carbocycles. The highest BCUT2D eigenvalue weighted by Gasteiger charge is 2.33.